The molecule has 1 unspecified atom stereocenters. The quantitative estimate of drug-likeness (QED) is 0.364. The van der Waals surface area contributed by atoms with Crippen molar-refractivity contribution < 1.29 is 9.13 Å². The second-order valence-electron chi connectivity index (χ2n) is 10.7. The molecular weight excluding hydrogens is 511 g/mol. The number of ether oxygens (including phenoxy) is 1. The fraction of sp³-hybridized carbons (Fsp3) is 0.379. The zero-order valence-electron chi connectivity index (χ0n) is 22.7. The monoisotopic (exact) mass is 542 g/mol. The summed E-state index contributed by atoms with van der Waals surface area (Å²) in [4.78, 5) is 16.6. The number of nitrogens with zero attached hydrogens (tertiary/aromatic N) is 6. The molecule has 0 bridgehead atoms. The summed E-state index contributed by atoms with van der Waals surface area (Å²) in [5.41, 5.74) is 8.59. The number of nitrogens with one attached hydrogen (secondary N) is 1. The Bertz CT molecular complexity index is 1720. The average molecular weight is 543 g/mol. The van der Waals surface area contributed by atoms with E-state index in [4.69, 9.17) is 10.5 Å². The largest absolute Gasteiger partial charge is 0.489 e. The number of anilines is 1. The normalized spacial score (nSPS) is 17.1. The molecule has 1 saturated carbocycles. The highest BCUT2D eigenvalue weighted by Gasteiger charge is 2.33. The van der Waals surface area contributed by atoms with Gasteiger partial charge in [-0.2, -0.15) is 15.5 Å². The topological polar surface area (TPSA) is 129 Å². The Morgan fingerprint density at radius 3 is 2.73 bits per heavy atom. The van der Waals surface area contributed by atoms with Crippen molar-refractivity contribution in [2.45, 2.75) is 38.0 Å². The van der Waals surface area contributed by atoms with E-state index in [9.17, 15) is 10.1 Å². The van der Waals surface area contributed by atoms with Gasteiger partial charge in [-0.3, -0.25) is 9.48 Å². The van der Waals surface area contributed by atoms with Gasteiger partial charge in [0.2, 0.25) is 0 Å². The lowest BCUT2D eigenvalue weighted by atomic mass is 9.94. The van der Waals surface area contributed by atoms with Crippen molar-refractivity contribution in [1.82, 2.24) is 24.9 Å². The van der Waals surface area contributed by atoms with E-state index in [2.05, 4.69) is 26.3 Å². The van der Waals surface area contributed by atoms with Gasteiger partial charge in [-0.25, -0.2) is 9.49 Å². The van der Waals surface area contributed by atoms with Crippen molar-refractivity contribution in [3.63, 3.8) is 0 Å². The van der Waals surface area contributed by atoms with Gasteiger partial charge in [-0.15, -0.1) is 0 Å². The number of benzene rings is 2. The van der Waals surface area contributed by atoms with Gasteiger partial charge in [0, 0.05) is 49.7 Å². The van der Waals surface area contributed by atoms with Crippen LogP contribution in [-0.4, -0.2) is 64.2 Å². The molecule has 2 fully saturated rings. The smallest absolute Gasteiger partial charge is 0.272 e. The van der Waals surface area contributed by atoms with Crippen LogP contribution in [-0.2, 0) is 13.6 Å². The molecule has 6 rings (SSSR count). The molecule has 2 aromatic heterocycles. The standard InChI is InChI=1S/C29H31FN8O2/c1-36(2)17-8-9-38(15-17)24-11-25(40-18-5-6-18)21(12-31)26(27(24)30)28-22(14-33-37(28)3)16-4-7-19-20(10-16)23(13-32)34-35-29(19)39/h4,7,10-11,14,17-18H,5-6,8-9,13,15,32H2,1-3H3,(H,35,39). The number of aromatic amines is 1. The molecular formula is C29H31FN8O2. The van der Waals surface area contributed by atoms with Crippen LogP contribution in [0.3, 0.4) is 0 Å². The van der Waals surface area contributed by atoms with Crippen molar-refractivity contribution in [2.75, 3.05) is 32.1 Å². The first-order chi connectivity index (χ1) is 19.3. The van der Waals surface area contributed by atoms with Crippen molar-refractivity contribution in [2.24, 2.45) is 12.8 Å². The van der Waals surface area contributed by atoms with E-state index < -0.39 is 5.82 Å². The van der Waals surface area contributed by atoms with E-state index in [0.717, 1.165) is 19.3 Å². The van der Waals surface area contributed by atoms with E-state index in [-0.39, 0.29) is 29.3 Å². The number of hydrogen-bond acceptors (Lipinski definition) is 8. The molecule has 206 valence electrons. The zero-order valence-corrected chi connectivity index (χ0v) is 22.7. The van der Waals surface area contributed by atoms with Gasteiger partial charge in [0.25, 0.3) is 5.56 Å². The van der Waals surface area contributed by atoms with Gasteiger partial charge in [-0.1, -0.05) is 6.07 Å². The van der Waals surface area contributed by atoms with E-state index in [1.54, 1.807) is 36.1 Å². The molecule has 1 saturated heterocycles. The summed E-state index contributed by atoms with van der Waals surface area (Å²) in [6.45, 7) is 1.50. The Hall–Kier alpha value is -4.27. The first kappa shape index (κ1) is 26.0. The Morgan fingerprint density at radius 2 is 2.05 bits per heavy atom. The molecule has 1 aliphatic heterocycles. The summed E-state index contributed by atoms with van der Waals surface area (Å²) in [6, 6.07) is 9.52. The molecule has 3 N–H and O–H groups in total. The molecule has 11 heteroatoms. The van der Waals surface area contributed by atoms with Gasteiger partial charge in [0.05, 0.1) is 40.3 Å². The highest BCUT2D eigenvalue weighted by atomic mass is 19.1. The Balaban J connectivity index is 1.56. The van der Waals surface area contributed by atoms with Crippen LogP contribution in [0.4, 0.5) is 10.1 Å². The number of H-pyrrole nitrogens is 1. The van der Waals surface area contributed by atoms with Crippen molar-refractivity contribution in [3.05, 3.63) is 57.9 Å². The summed E-state index contributed by atoms with van der Waals surface area (Å²) in [7, 11) is 5.78. The first-order valence-corrected chi connectivity index (χ1v) is 13.4. The first-order valence-electron chi connectivity index (χ1n) is 13.4. The van der Waals surface area contributed by atoms with Gasteiger partial charge in [0.1, 0.15) is 17.4 Å². The summed E-state index contributed by atoms with van der Waals surface area (Å²) in [5.74, 6) is -0.0954. The minimum Gasteiger partial charge on any atom is -0.489 e. The van der Waals surface area contributed by atoms with Crippen molar-refractivity contribution in [1.29, 1.82) is 5.26 Å². The fourth-order valence-electron chi connectivity index (χ4n) is 5.51. The highest BCUT2D eigenvalue weighted by molar-refractivity contribution is 5.93. The average Bonchev–Trinajstić information content (AvgIpc) is 3.47. The van der Waals surface area contributed by atoms with Crippen LogP contribution in [0.1, 0.15) is 30.5 Å². The molecule has 1 atom stereocenters. The van der Waals surface area contributed by atoms with Gasteiger partial charge >= 0.3 is 0 Å². The van der Waals surface area contributed by atoms with E-state index in [1.165, 1.54) is 0 Å². The van der Waals surface area contributed by atoms with Crippen LogP contribution in [0, 0.1) is 17.1 Å². The molecule has 0 spiro atoms. The number of nitriles is 1. The predicted molar refractivity (Wildman–Crippen MR) is 151 cm³/mol. The van der Waals surface area contributed by atoms with E-state index in [0.29, 0.717) is 63.9 Å². The highest BCUT2D eigenvalue weighted by Crippen LogP contribution is 2.44. The number of aryl methyl sites for hydroxylation is 1. The Kier molecular flexibility index (Phi) is 6.52. The molecule has 10 nitrogen and oxygen atoms in total. The third kappa shape index (κ3) is 4.39. The van der Waals surface area contributed by atoms with E-state index in [1.807, 2.05) is 25.1 Å². The second-order valence-corrected chi connectivity index (χ2v) is 10.7. The number of rotatable bonds is 7. The maximum absolute atomic E-state index is 16.7. The van der Waals surface area contributed by atoms with Crippen molar-refractivity contribution in [3.8, 4) is 34.2 Å². The number of fused-ring (bicyclic) bond motifs is 1. The van der Waals surface area contributed by atoms with Gasteiger partial charge < -0.3 is 20.3 Å². The number of halogens is 1. The lowest BCUT2D eigenvalue weighted by Gasteiger charge is -2.25. The van der Waals surface area contributed by atoms with Gasteiger partial charge in [0.15, 0.2) is 5.82 Å². The number of aromatic nitrogens is 4. The molecule has 0 amide bonds. The zero-order chi connectivity index (χ0) is 28.1. The molecule has 1 aliphatic carbocycles. The molecule has 2 aliphatic rings. The minimum absolute atomic E-state index is 0.0260. The predicted octanol–water partition coefficient (Wildman–Crippen LogP) is 3.14. The summed E-state index contributed by atoms with van der Waals surface area (Å²) in [6.07, 6.45) is 4.39. The van der Waals surface area contributed by atoms with Crippen LogP contribution in [0.2, 0.25) is 0 Å². The van der Waals surface area contributed by atoms with E-state index >= 15 is 4.39 Å². The maximum Gasteiger partial charge on any atom is 0.272 e. The lowest BCUT2D eigenvalue weighted by Crippen LogP contribution is -2.31. The van der Waals surface area contributed by atoms with Gasteiger partial charge in [-0.05, 0) is 51.1 Å². The summed E-state index contributed by atoms with van der Waals surface area (Å²) < 4.78 is 24.5. The Labute approximate surface area is 230 Å². The van der Waals surface area contributed by atoms with Crippen molar-refractivity contribution >= 4 is 16.5 Å². The number of likely N-dealkylation sites (N-methyl/N-ethyl adjacent to an activating group) is 1. The summed E-state index contributed by atoms with van der Waals surface area (Å²) in [5, 5.41) is 22.4. The molecule has 3 heterocycles. The third-order valence-electron chi connectivity index (χ3n) is 7.92. The second kappa shape index (κ2) is 10.0. The maximum atomic E-state index is 16.7. The van der Waals surface area contributed by atoms with Crippen LogP contribution in [0.15, 0.2) is 35.3 Å². The van der Waals surface area contributed by atoms with Crippen LogP contribution in [0.5, 0.6) is 5.75 Å². The third-order valence-corrected chi connectivity index (χ3v) is 7.92. The molecule has 0 radical (unpaired) electrons. The lowest BCUT2D eigenvalue weighted by molar-refractivity contribution is 0.302. The van der Waals surface area contributed by atoms with Crippen LogP contribution < -0.4 is 20.9 Å². The fourth-order valence-corrected chi connectivity index (χ4v) is 5.51. The summed E-state index contributed by atoms with van der Waals surface area (Å²) >= 11 is 0. The Morgan fingerprint density at radius 1 is 1.25 bits per heavy atom. The minimum atomic E-state index is -0.481. The molecule has 4 aromatic rings. The SMILES string of the molecule is CN(C)C1CCN(c2cc(OC3CC3)c(C#N)c(-c3c(-c4ccc5c(=O)[nH]nc(CN)c5c4)cnn3C)c2F)C1. The molecule has 2 aromatic carbocycles. The number of hydrogen-bond donors (Lipinski definition) is 2. The number of nitrogens with two attached hydrogens (primary N) is 1. The van der Waals surface area contributed by atoms with Crippen LogP contribution >= 0.6 is 0 Å². The van der Waals surface area contributed by atoms with Crippen LogP contribution in [0.25, 0.3) is 33.2 Å². The molecule has 40 heavy (non-hydrogen) atoms.